The fraction of sp³-hybridized carbons (Fsp3) is 0.571. The standard InChI is InChI=1S/C14H23NO2/c1-6-15(10(2)3)11(4)12-7-8-13(16)14(9-12)17-5/h7-11,16H,6H2,1-5H3. The van der Waals surface area contributed by atoms with E-state index in [9.17, 15) is 5.11 Å². The summed E-state index contributed by atoms with van der Waals surface area (Å²) >= 11 is 0. The minimum Gasteiger partial charge on any atom is -0.504 e. The van der Waals surface area contributed by atoms with Crippen LogP contribution in [-0.2, 0) is 0 Å². The summed E-state index contributed by atoms with van der Waals surface area (Å²) in [6.07, 6.45) is 0. The van der Waals surface area contributed by atoms with E-state index in [4.69, 9.17) is 4.74 Å². The molecule has 96 valence electrons. The number of phenols is 1. The lowest BCUT2D eigenvalue weighted by molar-refractivity contribution is 0.174. The van der Waals surface area contributed by atoms with Gasteiger partial charge in [-0.2, -0.15) is 0 Å². The normalized spacial score (nSPS) is 13.1. The maximum absolute atomic E-state index is 9.58. The molecular weight excluding hydrogens is 214 g/mol. The van der Waals surface area contributed by atoms with Crippen LogP contribution in [0.2, 0.25) is 0 Å². The maximum atomic E-state index is 9.58. The first-order valence-electron chi connectivity index (χ1n) is 6.13. The number of rotatable bonds is 5. The van der Waals surface area contributed by atoms with E-state index in [2.05, 4.69) is 32.6 Å². The van der Waals surface area contributed by atoms with Crippen molar-refractivity contribution in [2.24, 2.45) is 0 Å². The molecule has 0 aliphatic heterocycles. The third kappa shape index (κ3) is 3.13. The Kier molecular flexibility index (Phi) is 4.82. The number of ether oxygens (including phenoxy) is 1. The van der Waals surface area contributed by atoms with Crippen LogP contribution in [0.25, 0.3) is 0 Å². The highest BCUT2D eigenvalue weighted by Crippen LogP contribution is 2.31. The quantitative estimate of drug-likeness (QED) is 0.853. The van der Waals surface area contributed by atoms with Gasteiger partial charge in [0.25, 0.3) is 0 Å². The van der Waals surface area contributed by atoms with Gasteiger partial charge in [0.2, 0.25) is 0 Å². The van der Waals surface area contributed by atoms with Crippen LogP contribution in [0.4, 0.5) is 0 Å². The second kappa shape index (κ2) is 5.92. The van der Waals surface area contributed by atoms with Crippen LogP contribution in [0.15, 0.2) is 18.2 Å². The molecule has 0 aliphatic rings. The number of hydrogen-bond acceptors (Lipinski definition) is 3. The van der Waals surface area contributed by atoms with Gasteiger partial charge in [0.15, 0.2) is 11.5 Å². The van der Waals surface area contributed by atoms with E-state index in [1.807, 2.05) is 12.1 Å². The zero-order valence-corrected chi connectivity index (χ0v) is 11.4. The molecule has 1 rings (SSSR count). The third-order valence-corrected chi connectivity index (χ3v) is 3.21. The van der Waals surface area contributed by atoms with E-state index >= 15 is 0 Å². The van der Waals surface area contributed by atoms with Crippen LogP contribution in [0.1, 0.15) is 39.3 Å². The number of benzene rings is 1. The highest BCUT2D eigenvalue weighted by atomic mass is 16.5. The van der Waals surface area contributed by atoms with Gasteiger partial charge >= 0.3 is 0 Å². The molecule has 0 spiro atoms. The summed E-state index contributed by atoms with van der Waals surface area (Å²) in [4.78, 5) is 2.39. The first kappa shape index (κ1) is 13.8. The predicted octanol–water partition coefficient (Wildman–Crippen LogP) is 3.19. The number of aromatic hydroxyl groups is 1. The fourth-order valence-electron chi connectivity index (χ4n) is 2.23. The van der Waals surface area contributed by atoms with Crippen molar-refractivity contribution in [3.8, 4) is 11.5 Å². The average molecular weight is 237 g/mol. The smallest absolute Gasteiger partial charge is 0.160 e. The molecule has 0 saturated heterocycles. The molecule has 0 bridgehead atoms. The van der Waals surface area contributed by atoms with Gasteiger partial charge in [-0.15, -0.1) is 0 Å². The van der Waals surface area contributed by atoms with E-state index in [0.717, 1.165) is 12.1 Å². The Morgan fingerprint density at radius 2 is 1.94 bits per heavy atom. The lowest BCUT2D eigenvalue weighted by Gasteiger charge is -2.32. The average Bonchev–Trinajstić information content (AvgIpc) is 2.29. The summed E-state index contributed by atoms with van der Waals surface area (Å²) in [6, 6.07) is 6.36. The monoisotopic (exact) mass is 237 g/mol. The van der Waals surface area contributed by atoms with E-state index < -0.39 is 0 Å². The summed E-state index contributed by atoms with van der Waals surface area (Å²) in [5, 5.41) is 9.58. The lowest BCUT2D eigenvalue weighted by atomic mass is 10.0. The van der Waals surface area contributed by atoms with Gasteiger partial charge in [0, 0.05) is 12.1 Å². The largest absolute Gasteiger partial charge is 0.504 e. The van der Waals surface area contributed by atoms with Crippen molar-refractivity contribution in [1.29, 1.82) is 0 Å². The molecule has 3 heteroatoms. The number of methoxy groups -OCH3 is 1. The molecule has 17 heavy (non-hydrogen) atoms. The SMILES string of the molecule is CCN(C(C)C)C(C)c1ccc(O)c(OC)c1. The molecule has 1 atom stereocenters. The Morgan fingerprint density at radius 3 is 2.41 bits per heavy atom. The molecule has 1 aromatic carbocycles. The second-order valence-electron chi connectivity index (χ2n) is 4.53. The van der Waals surface area contributed by atoms with Crippen molar-refractivity contribution in [1.82, 2.24) is 4.90 Å². The van der Waals surface area contributed by atoms with Gasteiger partial charge in [-0.1, -0.05) is 13.0 Å². The molecule has 0 aromatic heterocycles. The molecule has 0 saturated carbocycles. The van der Waals surface area contributed by atoms with Crippen LogP contribution >= 0.6 is 0 Å². The van der Waals surface area contributed by atoms with E-state index in [-0.39, 0.29) is 5.75 Å². The first-order valence-corrected chi connectivity index (χ1v) is 6.13. The van der Waals surface area contributed by atoms with Gasteiger partial charge in [-0.25, -0.2) is 0 Å². The van der Waals surface area contributed by atoms with Crippen molar-refractivity contribution in [2.75, 3.05) is 13.7 Å². The Balaban J connectivity index is 2.99. The molecule has 1 aromatic rings. The van der Waals surface area contributed by atoms with Crippen LogP contribution in [0.3, 0.4) is 0 Å². The Morgan fingerprint density at radius 1 is 1.29 bits per heavy atom. The van der Waals surface area contributed by atoms with Crippen molar-refractivity contribution in [2.45, 2.75) is 39.8 Å². The molecule has 0 aliphatic carbocycles. The highest BCUT2D eigenvalue weighted by molar-refractivity contribution is 5.42. The molecule has 3 nitrogen and oxygen atoms in total. The van der Waals surface area contributed by atoms with Crippen LogP contribution in [0.5, 0.6) is 11.5 Å². The van der Waals surface area contributed by atoms with E-state index in [0.29, 0.717) is 17.8 Å². The second-order valence-corrected chi connectivity index (χ2v) is 4.53. The molecule has 1 N–H and O–H groups in total. The van der Waals surface area contributed by atoms with E-state index in [1.165, 1.54) is 0 Å². The zero-order valence-electron chi connectivity index (χ0n) is 11.4. The highest BCUT2D eigenvalue weighted by Gasteiger charge is 2.18. The van der Waals surface area contributed by atoms with Crippen LogP contribution < -0.4 is 4.74 Å². The number of phenolic OH excluding ortho intramolecular Hbond substituents is 1. The van der Waals surface area contributed by atoms with Gasteiger partial charge in [0.1, 0.15) is 0 Å². The molecular formula is C14H23NO2. The third-order valence-electron chi connectivity index (χ3n) is 3.21. The van der Waals surface area contributed by atoms with Crippen LogP contribution in [0, 0.1) is 0 Å². The summed E-state index contributed by atoms with van der Waals surface area (Å²) in [6.45, 7) is 9.72. The molecule has 0 radical (unpaired) electrons. The van der Waals surface area contributed by atoms with Gasteiger partial charge < -0.3 is 9.84 Å². The maximum Gasteiger partial charge on any atom is 0.160 e. The van der Waals surface area contributed by atoms with Crippen molar-refractivity contribution in [3.63, 3.8) is 0 Å². The number of hydrogen-bond donors (Lipinski definition) is 1. The topological polar surface area (TPSA) is 32.7 Å². The Hall–Kier alpha value is -1.22. The van der Waals surface area contributed by atoms with Crippen molar-refractivity contribution >= 4 is 0 Å². The van der Waals surface area contributed by atoms with Crippen LogP contribution in [-0.4, -0.2) is 29.7 Å². The summed E-state index contributed by atoms with van der Waals surface area (Å²) in [5.41, 5.74) is 1.16. The van der Waals surface area contributed by atoms with Gasteiger partial charge in [-0.3, -0.25) is 4.90 Å². The van der Waals surface area contributed by atoms with Crippen molar-refractivity contribution < 1.29 is 9.84 Å². The molecule has 0 heterocycles. The minimum atomic E-state index is 0.191. The zero-order chi connectivity index (χ0) is 13.0. The summed E-state index contributed by atoms with van der Waals surface area (Å²) in [5.74, 6) is 0.727. The molecule has 0 amide bonds. The first-order chi connectivity index (χ1) is 8.01. The minimum absolute atomic E-state index is 0.191. The van der Waals surface area contributed by atoms with E-state index in [1.54, 1.807) is 13.2 Å². The van der Waals surface area contributed by atoms with Crippen molar-refractivity contribution in [3.05, 3.63) is 23.8 Å². The fourth-order valence-corrected chi connectivity index (χ4v) is 2.23. The molecule has 0 fully saturated rings. The Labute approximate surface area is 104 Å². The Bertz CT molecular complexity index is 363. The molecule has 1 unspecified atom stereocenters. The summed E-state index contributed by atoms with van der Waals surface area (Å²) < 4.78 is 5.14. The predicted molar refractivity (Wildman–Crippen MR) is 70.6 cm³/mol. The summed E-state index contributed by atoms with van der Waals surface area (Å²) in [7, 11) is 1.57. The lowest BCUT2D eigenvalue weighted by Crippen LogP contribution is -2.33. The number of nitrogens with zero attached hydrogens (tertiary/aromatic N) is 1. The van der Waals surface area contributed by atoms with Gasteiger partial charge in [-0.05, 0) is 45.0 Å². The van der Waals surface area contributed by atoms with Gasteiger partial charge in [0.05, 0.1) is 7.11 Å².